The first-order chi connectivity index (χ1) is 12.2. The van der Waals surface area contributed by atoms with Crippen molar-refractivity contribution in [1.82, 2.24) is 15.2 Å². The van der Waals surface area contributed by atoms with E-state index in [1.807, 2.05) is 6.07 Å². The molecule has 0 saturated carbocycles. The number of hydrogen-bond acceptors (Lipinski definition) is 7. The first-order valence-electron chi connectivity index (χ1n) is 7.23. The number of carbonyl (C=O) groups excluding carboxylic acids is 2. The Bertz CT molecular complexity index is 839. The molecule has 0 aliphatic rings. The summed E-state index contributed by atoms with van der Waals surface area (Å²) >= 11 is 2.61. The molecular formula is C16H13N5O2S2. The highest BCUT2D eigenvalue weighted by Crippen LogP contribution is 2.17. The molecule has 0 spiro atoms. The van der Waals surface area contributed by atoms with Gasteiger partial charge in [0.15, 0.2) is 10.9 Å². The summed E-state index contributed by atoms with van der Waals surface area (Å²) in [7, 11) is 0. The van der Waals surface area contributed by atoms with Gasteiger partial charge in [-0.05, 0) is 24.3 Å². The van der Waals surface area contributed by atoms with Crippen molar-refractivity contribution >= 4 is 45.9 Å². The van der Waals surface area contributed by atoms with E-state index in [0.29, 0.717) is 21.5 Å². The van der Waals surface area contributed by atoms with Crippen LogP contribution < -0.4 is 10.6 Å². The van der Waals surface area contributed by atoms with E-state index >= 15 is 0 Å². The van der Waals surface area contributed by atoms with Gasteiger partial charge in [0.25, 0.3) is 5.91 Å². The number of thiazole rings is 1. The van der Waals surface area contributed by atoms with Crippen molar-refractivity contribution in [3.63, 3.8) is 0 Å². The SMILES string of the molecule is O=C(CSc1ccc(NC(=O)c2ccccc2)nn1)Nc1nccs1. The maximum absolute atomic E-state index is 12.0. The van der Waals surface area contributed by atoms with Crippen LogP contribution >= 0.6 is 23.1 Å². The van der Waals surface area contributed by atoms with Gasteiger partial charge in [-0.25, -0.2) is 4.98 Å². The highest BCUT2D eigenvalue weighted by Gasteiger charge is 2.08. The monoisotopic (exact) mass is 371 g/mol. The highest BCUT2D eigenvalue weighted by molar-refractivity contribution is 7.99. The number of rotatable bonds is 6. The minimum atomic E-state index is -0.252. The number of amides is 2. The molecule has 126 valence electrons. The van der Waals surface area contributed by atoms with Gasteiger partial charge in [-0.1, -0.05) is 30.0 Å². The Morgan fingerprint density at radius 1 is 1.04 bits per heavy atom. The summed E-state index contributed by atoms with van der Waals surface area (Å²) in [4.78, 5) is 27.8. The van der Waals surface area contributed by atoms with Crippen molar-refractivity contribution in [2.45, 2.75) is 5.03 Å². The third-order valence-electron chi connectivity index (χ3n) is 2.95. The summed E-state index contributed by atoms with van der Waals surface area (Å²) < 4.78 is 0. The molecule has 3 aromatic rings. The fraction of sp³-hybridized carbons (Fsp3) is 0.0625. The molecular weight excluding hydrogens is 358 g/mol. The van der Waals surface area contributed by atoms with Crippen LogP contribution in [0.3, 0.4) is 0 Å². The molecule has 3 rings (SSSR count). The van der Waals surface area contributed by atoms with Gasteiger partial charge in [-0.3, -0.25) is 9.59 Å². The molecule has 0 aliphatic heterocycles. The zero-order valence-electron chi connectivity index (χ0n) is 12.9. The van der Waals surface area contributed by atoms with E-state index in [9.17, 15) is 9.59 Å². The first-order valence-corrected chi connectivity index (χ1v) is 9.09. The number of aromatic nitrogens is 3. The molecule has 0 atom stereocenters. The van der Waals surface area contributed by atoms with Gasteiger partial charge in [0.1, 0.15) is 5.03 Å². The van der Waals surface area contributed by atoms with Crippen molar-refractivity contribution in [2.75, 3.05) is 16.4 Å². The van der Waals surface area contributed by atoms with Gasteiger partial charge < -0.3 is 10.6 Å². The largest absolute Gasteiger partial charge is 0.305 e. The smallest absolute Gasteiger partial charge is 0.256 e. The van der Waals surface area contributed by atoms with Crippen molar-refractivity contribution in [1.29, 1.82) is 0 Å². The Morgan fingerprint density at radius 2 is 1.88 bits per heavy atom. The average molecular weight is 371 g/mol. The standard InChI is InChI=1S/C16H13N5O2S2/c22-13(19-16-17-8-9-24-16)10-25-14-7-6-12(20-21-14)18-15(23)11-4-2-1-3-5-11/h1-9H,10H2,(H,17,19,22)(H,18,20,23). The number of anilines is 2. The lowest BCUT2D eigenvalue weighted by Crippen LogP contribution is -2.14. The number of thioether (sulfide) groups is 1. The van der Waals surface area contributed by atoms with Crippen LogP contribution in [0.1, 0.15) is 10.4 Å². The van der Waals surface area contributed by atoms with Crippen LogP contribution in [0.25, 0.3) is 0 Å². The van der Waals surface area contributed by atoms with E-state index in [2.05, 4.69) is 25.8 Å². The fourth-order valence-electron chi connectivity index (χ4n) is 1.82. The van der Waals surface area contributed by atoms with Crippen LogP contribution in [-0.4, -0.2) is 32.7 Å². The maximum atomic E-state index is 12.0. The second-order valence-corrected chi connectivity index (χ2v) is 6.64. The molecule has 0 bridgehead atoms. The number of carbonyl (C=O) groups is 2. The zero-order chi connectivity index (χ0) is 17.5. The lowest BCUT2D eigenvalue weighted by atomic mass is 10.2. The van der Waals surface area contributed by atoms with Gasteiger partial charge in [0.05, 0.1) is 5.75 Å². The molecule has 0 unspecified atom stereocenters. The Labute approximate surface area is 151 Å². The molecule has 25 heavy (non-hydrogen) atoms. The lowest BCUT2D eigenvalue weighted by Gasteiger charge is -2.05. The van der Waals surface area contributed by atoms with E-state index in [0.717, 1.165) is 0 Å². The lowest BCUT2D eigenvalue weighted by molar-refractivity contribution is -0.113. The predicted molar refractivity (Wildman–Crippen MR) is 97.9 cm³/mol. The second kappa shape index (κ2) is 8.36. The summed E-state index contributed by atoms with van der Waals surface area (Å²) in [6.45, 7) is 0. The Kier molecular flexibility index (Phi) is 5.70. The molecule has 0 saturated heterocycles. The second-order valence-electron chi connectivity index (χ2n) is 4.75. The molecule has 0 aliphatic carbocycles. The minimum absolute atomic E-state index is 0.164. The van der Waals surface area contributed by atoms with Crippen molar-refractivity contribution in [3.05, 3.63) is 59.6 Å². The summed E-state index contributed by atoms with van der Waals surface area (Å²) in [5.74, 6) is 0.135. The van der Waals surface area contributed by atoms with Crippen LogP contribution in [0.2, 0.25) is 0 Å². The highest BCUT2D eigenvalue weighted by atomic mass is 32.2. The molecule has 0 fully saturated rings. The summed E-state index contributed by atoms with van der Waals surface area (Å²) in [6.07, 6.45) is 1.63. The number of nitrogens with one attached hydrogen (secondary N) is 2. The van der Waals surface area contributed by atoms with Crippen molar-refractivity contribution in [3.8, 4) is 0 Å². The van der Waals surface area contributed by atoms with Crippen LogP contribution in [0.5, 0.6) is 0 Å². The quantitative estimate of drug-likeness (QED) is 0.647. The van der Waals surface area contributed by atoms with Crippen molar-refractivity contribution in [2.24, 2.45) is 0 Å². The molecule has 7 nitrogen and oxygen atoms in total. The Balaban J connectivity index is 1.50. The minimum Gasteiger partial charge on any atom is -0.305 e. The zero-order valence-corrected chi connectivity index (χ0v) is 14.5. The van der Waals surface area contributed by atoms with Gasteiger partial charge in [-0.2, -0.15) is 0 Å². The van der Waals surface area contributed by atoms with Gasteiger partial charge in [-0.15, -0.1) is 21.5 Å². The molecule has 2 N–H and O–H groups in total. The van der Waals surface area contributed by atoms with Crippen LogP contribution in [0, 0.1) is 0 Å². The van der Waals surface area contributed by atoms with E-state index in [-0.39, 0.29) is 17.6 Å². The maximum Gasteiger partial charge on any atom is 0.256 e. The molecule has 9 heteroatoms. The summed E-state index contributed by atoms with van der Waals surface area (Å²) in [6, 6.07) is 12.2. The number of hydrogen-bond donors (Lipinski definition) is 2. The average Bonchev–Trinajstić information content (AvgIpc) is 3.15. The molecule has 2 amide bonds. The fourth-order valence-corrected chi connectivity index (χ4v) is 2.98. The van der Waals surface area contributed by atoms with E-state index in [4.69, 9.17) is 0 Å². The topological polar surface area (TPSA) is 96.9 Å². The normalized spacial score (nSPS) is 10.2. The molecule has 2 aromatic heterocycles. The van der Waals surface area contributed by atoms with E-state index < -0.39 is 0 Å². The molecule has 1 aromatic carbocycles. The molecule has 0 radical (unpaired) electrons. The number of benzene rings is 1. The number of nitrogens with zero attached hydrogens (tertiary/aromatic N) is 3. The summed E-state index contributed by atoms with van der Waals surface area (Å²) in [5.41, 5.74) is 0.543. The van der Waals surface area contributed by atoms with Gasteiger partial charge >= 0.3 is 0 Å². The first kappa shape index (κ1) is 17.1. The van der Waals surface area contributed by atoms with E-state index in [1.165, 1.54) is 23.1 Å². The summed E-state index contributed by atoms with van der Waals surface area (Å²) in [5, 5.41) is 16.3. The van der Waals surface area contributed by atoms with Crippen molar-refractivity contribution < 1.29 is 9.59 Å². The third-order valence-corrected chi connectivity index (χ3v) is 4.56. The Morgan fingerprint density at radius 3 is 2.56 bits per heavy atom. The Hall–Kier alpha value is -2.78. The van der Waals surface area contributed by atoms with Gasteiger partial charge in [0.2, 0.25) is 5.91 Å². The van der Waals surface area contributed by atoms with Crippen LogP contribution in [0.15, 0.2) is 59.1 Å². The van der Waals surface area contributed by atoms with Crippen LogP contribution in [0.4, 0.5) is 10.9 Å². The van der Waals surface area contributed by atoms with Crippen LogP contribution in [-0.2, 0) is 4.79 Å². The third kappa shape index (κ3) is 5.10. The molecule has 2 heterocycles. The van der Waals surface area contributed by atoms with Gasteiger partial charge in [0, 0.05) is 17.1 Å². The van der Waals surface area contributed by atoms with E-state index in [1.54, 1.807) is 48.0 Å². The predicted octanol–water partition coefficient (Wildman–Crippen LogP) is 2.92.